The fraction of sp³-hybridized carbons (Fsp3) is 0.321. The number of benzene rings is 2. The van der Waals surface area contributed by atoms with Crippen LogP contribution in [0.3, 0.4) is 0 Å². The largest absolute Gasteiger partial charge is 0.495 e. The van der Waals surface area contributed by atoms with Gasteiger partial charge in [0.1, 0.15) is 30.5 Å². The molecule has 0 atom stereocenters. The van der Waals surface area contributed by atoms with E-state index in [1.807, 2.05) is 30.3 Å². The van der Waals surface area contributed by atoms with Crippen LogP contribution in [-0.2, 0) is 9.59 Å². The highest BCUT2D eigenvalue weighted by atomic mass is 19.1. The van der Waals surface area contributed by atoms with Crippen LogP contribution in [0.2, 0.25) is 0 Å². The predicted octanol–water partition coefficient (Wildman–Crippen LogP) is 2.79. The second-order valence-corrected chi connectivity index (χ2v) is 8.72. The summed E-state index contributed by atoms with van der Waals surface area (Å²) in [6.07, 6.45) is 4.08. The SMILES string of the molecule is COc1ccccc1N1CCN(C/C=C/CNC(=O)c2cc3cc(OCCF)ccc3[nH]2)CC1.O=C(O)C(=O)O. The Labute approximate surface area is 230 Å². The first-order valence-corrected chi connectivity index (χ1v) is 12.6. The number of H-pyrrole nitrogens is 1. The number of halogens is 1. The summed E-state index contributed by atoms with van der Waals surface area (Å²) in [5, 5.41) is 18.5. The van der Waals surface area contributed by atoms with E-state index in [1.54, 1.807) is 25.3 Å². The number of hydrogen-bond donors (Lipinski definition) is 4. The second-order valence-electron chi connectivity index (χ2n) is 8.72. The van der Waals surface area contributed by atoms with Crippen molar-refractivity contribution in [2.24, 2.45) is 0 Å². The zero-order chi connectivity index (χ0) is 28.9. The standard InChI is InChI=1S/C26H31FN4O3.C2H2O4/c1-33-25-7-3-2-6-24(25)31-15-13-30(14-16-31)12-5-4-11-28-26(32)23-19-20-18-21(34-17-10-27)8-9-22(20)29-23;3-1(4)2(5)6/h2-9,18-19,29H,10-17H2,1H3,(H,28,32);(H,3,4)(H,5,6)/b5-4+;. The molecule has 0 unspecified atom stereocenters. The van der Waals surface area contributed by atoms with Gasteiger partial charge in [0.15, 0.2) is 0 Å². The molecule has 0 bridgehead atoms. The van der Waals surface area contributed by atoms with E-state index in [2.05, 4.69) is 32.2 Å². The molecule has 0 spiro atoms. The number of carbonyl (C=O) groups excluding carboxylic acids is 1. The number of alkyl halides is 1. The molecule has 1 aliphatic rings. The number of piperazine rings is 1. The van der Waals surface area contributed by atoms with E-state index >= 15 is 0 Å². The molecule has 1 aromatic heterocycles. The third-order valence-corrected chi connectivity index (χ3v) is 6.07. The molecule has 1 aliphatic heterocycles. The van der Waals surface area contributed by atoms with Crippen LogP contribution in [0, 0.1) is 0 Å². The number of methoxy groups -OCH3 is 1. The molecule has 214 valence electrons. The van der Waals surface area contributed by atoms with Gasteiger partial charge in [-0.2, -0.15) is 0 Å². The van der Waals surface area contributed by atoms with Crippen LogP contribution < -0.4 is 19.7 Å². The molecule has 2 aromatic carbocycles. The van der Waals surface area contributed by atoms with Crippen molar-refractivity contribution in [2.45, 2.75) is 0 Å². The van der Waals surface area contributed by atoms with Crippen molar-refractivity contribution in [3.8, 4) is 11.5 Å². The lowest BCUT2D eigenvalue weighted by atomic mass is 10.2. The number of aliphatic carboxylic acids is 2. The van der Waals surface area contributed by atoms with Gasteiger partial charge in [-0.15, -0.1) is 0 Å². The molecule has 3 aromatic rings. The van der Waals surface area contributed by atoms with Gasteiger partial charge in [0, 0.05) is 50.2 Å². The second kappa shape index (κ2) is 15.1. The molecular weight excluding hydrogens is 523 g/mol. The van der Waals surface area contributed by atoms with Crippen molar-refractivity contribution in [1.29, 1.82) is 0 Å². The number of nitrogens with zero attached hydrogens (tertiary/aromatic N) is 2. The first-order valence-electron chi connectivity index (χ1n) is 12.6. The zero-order valence-electron chi connectivity index (χ0n) is 22.1. The molecule has 4 rings (SSSR count). The van der Waals surface area contributed by atoms with E-state index in [4.69, 9.17) is 29.3 Å². The molecule has 1 saturated heterocycles. The smallest absolute Gasteiger partial charge is 0.414 e. The summed E-state index contributed by atoms with van der Waals surface area (Å²) in [5.41, 5.74) is 2.46. The normalized spacial score (nSPS) is 13.5. The van der Waals surface area contributed by atoms with E-state index in [9.17, 15) is 9.18 Å². The lowest BCUT2D eigenvalue weighted by molar-refractivity contribution is -0.159. The number of aromatic amines is 1. The van der Waals surface area contributed by atoms with Gasteiger partial charge >= 0.3 is 11.9 Å². The highest BCUT2D eigenvalue weighted by molar-refractivity contribution is 6.27. The zero-order valence-corrected chi connectivity index (χ0v) is 22.1. The van der Waals surface area contributed by atoms with Crippen LogP contribution >= 0.6 is 0 Å². The van der Waals surface area contributed by atoms with Crippen molar-refractivity contribution in [2.75, 3.05) is 64.6 Å². The molecule has 2 heterocycles. The van der Waals surface area contributed by atoms with Crippen LogP contribution in [0.15, 0.2) is 60.7 Å². The number of rotatable bonds is 10. The van der Waals surface area contributed by atoms with E-state index in [1.165, 1.54) is 0 Å². The van der Waals surface area contributed by atoms with Gasteiger partial charge in [-0.25, -0.2) is 14.0 Å². The van der Waals surface area contributed by atoms with Gasteiger partial charge in [-0.1, -0.05) is 24.3 Å². The summed E-state index contributed by atoms with van der Waals surface area (Å²) in [4.78, 5) is 38.5. The van der Waals surface area contributed by atoms with Crippen LogP contribution in [0.1, 0.15) is 10.5 Å². The topological polar surface area (TPSA) is 144 Å². The highest BCUT2D eigenvalue weighted by Crippen LogP contribution is 2.28. The number of ether oxygens (including phenoxy) is 2. The molecule has 12 heteroatoms. The molecule has 0 saturated carbocycles. The number of nitrogens with one attached hydrogen (secondary N) is 2. The first kappa shape index (κ1) is 30.0. The lowest BCUT2D eigenvalue weighted by Crippen LogP contribution is -2.46. The Bertz CT molecular complexity index is 1310. The van der Waals surface area contributed by atoms with E-state index in [0.717, 1.165) is 55.1 Å². The number of fused-ring (bicyclic) bond motifs is 1. The van der Waals surface area contributed by atoms with Crippen LogP contribution in [0.25, 0.3) is 10.9 Å². The maximum Gasteiger partial charge on any atom is 0.414 e. The fourth-order valence-corrected chi connectivity index (χ4v) is 4.10. The Morgan fingerprint density at radius 1 is 1.02 bits per heavy atom. The van der Waals surface area contributed by atoms with Crippen molar-refractivity contribution in [1.82, 2.24) is 15.2 Å². The Morgan fingerprint density at radius 2 is 1.75 bits per heavy atom. The number of aromatic nitrogens is 1. The average Bonchev–Trinajstić information content (AvgIpc) is 3.40. The van der Waals surface area contributed by atoms with Gasteiger partial charge in [0.05, 0.1) is 12.8 Å². The fourth-order valence-electron chi connectivity index (χ4n) is 4.10. The van der Waals surface area contributed by atoms with Crippen LogP contribution in [-0.4, -0.2) is 97.6 Å². The minimum Gasteiger partial charge on any atom is -0.495 e. The van der Waals surface area contributed by atoms with Gasteiger partial charge < -0.3 is 34.9 Å². The molecule has 1 amide bonds. The Kier molecular flexibility index (Phi) is 11.3. The quantitative estimate of drug-likeness (QED) is 0.219. The molecule has 0 radical (unpaired) electrons. The number of amides is 1. The van der Waals surface area contributed by atoms with E-state index in [-0.39, 0.29) is 12.5 Å². The summed E-state index contributed by atoms with van der Waals surface area (Å²) in [6, 6.07) is 15.3. The molecule has 40 heavy (non-hydrogen) atoms. The number of carboxylic acids is 2. The maximum atomic E-state index is 12.5. The minimum absolute atomic E-state index is 0.0209. The van der Waals surface area contributed by atoms with Crippen molar-refractivity contribution in [3.63, 3.8) is 0 Å². The Hall–Kier alpha value is -4.58. The van der Waals surface area contributed by atoms with Gasteiger partial charge in [-0.3, -0.25) is 9.69 Å². The first-order chi connectivity index (χ1) is 19.3. The van der Waals surface area contributed by atoms with Crippen molar-refractivity contribution in [3.05, 3.63) is 66.4 Å². The molecule has 0 aliphatic carbocycles. The molecular formula is C28H33FN4O7. The summed E-state index contributed by atoms with van der Waals surface area (Å²) < 4.78 is 23.1. The van der Waals surface area contributed by atoms with Gasteiger partial charge in [0.2, 0.25) is 0 Å². The summed E-state index contributed by atoms with van der Waals surface area (Å²) in [7, 11) is 1.71. The molecule has 1 fully saturated rings. The van der Waals surface area contributed by atoms with Gasteiger partial charge in [0.25, 0.3) is 5.91 Å². The molecule has 11 nitrogen and oxygen atoms in total. The third-order valence-electron chi connectivity index (χ3n) is 6.07. The van der Waals surface area contributed by atoms with Gasteiger partial charge in [-0.05, 0) is 36.4 Å². The highest BCUT2D eigenvalue weighted by Gasteiger charge is 2.18. The number of para-hydroxylation sites is 2. The van der Waals surface area contributed by atoms with E-state index < -0.39 is 18.6 Å². The maximum absolute atomic E-state index is 12.5. The van der Waals surface area contributed by atoms with Crippen molar-refractivity contribution < 1.29 is 38.5 Å². The third kappa shape index (κ3) is 8.73. The van der Waals surface area contributed by atoms with Crippen molar-refractivity contribution >= 4 is 34.4 Å². The Balaban J connectivity index is 0.000000663. The number of carboxylic acid groups (broad SMARTS) is 2. The predicted molar refractivity (Wildman–Crippen MR) is 148 cm³/mol. The summed E-state index contributed by atoms with van der Waals surface area (Å²) in [5.74, 6) is -2.32. The number of hydrogen-bond acceptors (Lipinski definition) is 7. The number of anilines is 1. The number of carbonyl (C=O) groups is 3. The molecule has 4 N–H and O–H groups in total. The van der Waals surface area contributed by atoms with E-state index in [0.29, 0.717) is 18.0 Å². The monoisotopic (exact) mass is 556 g/mol. The summed E-state index contributed by atoms with van der Waals surface area (Å²) >= 11 is 0. The Morgan fingerprint density at radius 3 is 2.42 bits per heavy atom. The summed E-state index contributed by atoms with van der Waals surface area (Å²) in [6.45, 7) is 4.64. The lowest BCUT2D eigenvalue weighted by Gasteiger charge is -2.36. The average molecular weight is 557 g/mol. The van der Waals surface area contributed by atoms with Crippen LogP contribution in [0.4, 0.5) is 10.1 Å². The van der Waals surface area contributed by atoms with Crippen LogP contribution in [0.5, 0.6) is 11.5 Å². The minimum atomic E-state index is -1.82.